The van der Waals surface area contributed by atoms with Gasteiger partial charge in [-0.25, -0.2) is 0 Å². The van der Waals surface area contributed by atoms with Crippen LogP contribution < -0.4 is 21.0 Å². The number of hydrogen-bond donors (Lipinski definition) is 3. The number of benzene rings is 2. The lowest BCUT2D eigenvalue weighted by molar-refractivity contribution is -0.135. The van der Waals surface area contributed by atoms with E-state index in [1.54, 1.807) is 60.7 Å². The van der Waals surface area contributed by atoms with Gasteiger partial charge in [0.15, 0.2) is 0 Å². The van der Waals surface area contributed by atoms with Crippen LogP contribution in [0, 0.1) is 0 Å². The van der Waals surface area contributed by atoms with Crippen LogP contribution in [0.4, 0.5) is 0 Å². The molecule has 2 rings (SSSR count). The van der Waals surface area contributed by atoms with Crippen LogP contribution in [0.25, 0.3) is 0 Å². The second-order valence-corrected chi connectivity index (χ2v) is 7.29. The summed E-state index contributed by atoms with van der Waals surface area (Å²) in [6.45, 7) is -0.565. The van der Waals surface area contributed by atoms with Crippen molar-refractivity contribution >= 4 is 29.8 Å². The van der Waals surface area contributed by atoms with E-state index in [0.717, 1.165) is 0 Å². The molecule has 6 nitrogen and oxygen atoms in total. The van der Waals surface area contributed by atoms with Crippen LogP contribution in [-0.4, -0.2) is 30.1 Å². The Morgan fingerprint density at radius 1 is 0.870 bits per heavy atom. The lowest BCUT2D eigenvalue weighted by Gasteiger charge is -2.20. The van der Waals surface area contributed by atoms with Gasteiger partial charge in [0.2, 0.25) is 13.2 Å². The van der Waals surface area contributed by atoms with Crippen molar-refractivity contribution in [1.82, 2.24) is 10.4 Å². The van der Waals surface area contributed by atoms with Crippen LogP contribution in [0.15, 0.2) is 60.7 Å². The second-order valence-electron chi connectivity index (χ2n) is 4.81. The zero-order chi connectivity index (χ0) is 16.7. The van der Waals surface area contributed by atoms with Crippen molar-refractivity contribution in [3.63, 3.8) is 0 Å². The zero-order valence-corrected chi connectivity index (χ0v) is 13.2. The van der Waals surface area contributed by atoms with Gasteiger partial charge in [-0.1, -0.05) is 36.4 Å². The second kappa shape index (κ2) is 7.72. The summed E-state index contributed by atoms with van der Waals surface area (Å²) < 4.78 is 13.4. The molecular formula is C16H17N2O4P. The molecule has 3 N–H and O–H groups in total. The third-order valence-electron chi connectivity index (χ3n) is 3.08. The van der Waals surface area contributed by atoms with Crippen LogP contribution in [0.2, 0.25) is 0 Å². The highest BCUT2D eigenvalue weighted by Gasteiger charge is 2.28. The minimum atomic E-state index is -3.33. The Morgan fingerprint density at radius 2 is 1.35 bits per heavy atom. The van der Waals surface area contributed by atoms with Crippen LogP contribution in [0.3, 0.4) is 0 Å². The maximum absolute atomic E-state index is 13.4. The van der Waals surface area contributed by atoms with Gasteiger partial charge >= 0.3 is 5.97 Å². The van der Waals surface area contributed by atoms with E-state index >= 15 is 0 Å². The molecule has 0 heterocycles. The highest BCUT2D eigenvalue weighted by molar-refractivity contribution is 7.77. The Balaban J connectivity index is 2.24. The van der Waals surface area contributed by atoms with E-state index in [4.69, 9.17) is 5.11 Å². The molecule has 0 saturated heterocycles. The first-order valence-corrected chi connectivity index (χ1v) is 8.68. The SMILES string of the molecule is O=C(O)CNCC(=O)NP(=O)(c1ccccc1)c1ccccc1. The lowest BCUT2D eigenvalue weighted by atomic mass is 10.4. The molecule has 0 radical (unpaired) electrons. The molecule has 2 aromatic carbocycles. The smallest absolute Gasteiger partial charge is 0.317 e. The van der Waals surface area contributed by atoms with Gasteiger partial charge in [-0.15, -0.1) is 0 Å². The molecular weight excluding hydrogens is 315 g/mol. The highest BCUT2D eigenvalue weighted by atomic mass is 31.2. The summed E-state index contributed by atoms with van der Waals surface area (Å²) in [5.74, 6) is -1.59. The Morgan fingerprint density at radius 3 is 1.78 bits per heavy atom. The van der Waals surface area contributed by atoms with Gasteiger partial charge < -0.3 is 5.11 Å². The van der Waals surface area contributed by atoms with Gasteiger partial charge in [0, 0.05) is 10.6 Å². The Hall–Kier alpha value is -2.43. The molecule has 0 aromatic heterocycles. The number of aliphatic carboxylic acids is 1. The summed E-state index contributed by atoms with van der Waals surface area (Å²) in [4.78, 5) is 22.5. The Kier molecular flexibility index (Phi) is 5.68. The first kappa shape index (κ1) is 16.9. The largest absolute Gasteiger partial charge is 0.480 e. The minimum Gasteiger partial charge on any atom is -0.480 e. The average molecular weight is 332 g/mol. The predicted molar refractivity (Wildman–Crippen MR) is 88.4 cm³/mol. The molecule has 0 atom stereocenters. The van der Waals surface area contributed by atoms with E-state index in [-0.39, 0.29) is 13.1 Å². The summed E-state index contributed by atoms with van der Waals surface area (Å²) in [7, 11) is -3.33. The van der Waals surface area contributed by atoms with E-state index in [2.05, 4.69) is 10.4 Å². The van der Waals surface area contributed by atoms with E-state index < -0.39 is 19.2 Å². The van der Waals surface area contributed by atoms with Gasteiger partial charge in [-0.2, -0.15) is 0 Å². The van der Waals surface area contributed by atoms with Crippen molar-refractivity contribution in [2.75, 3.05) is 13.1 Å². The summed E-state index contributed by atoms with van der Waals surface area (Å²) in [6, 6.07) is 17.4. The maximum atomic E-state index is 13.4. The van der Waals surface area contributed by atoms with Gasteiger partial charge in [0.25, 0.3) is 0 Å². The summed E-state index contributed by atoms with van der Waals surface area (Å²) in [5, 5.41) is 14.6. The van der Waals surface area contributed by atoms with Gasteiger partial charge in [0.05, 0.1) is 13.1 Å². The van der Waals surface area contributed by atoms with Crippen molar-refractivity contribution < 1.29 is 19.3 Å². The number of rotatable bonds is 7. The number of nitrogens with one attached hydrogen (secondary N) is 2. The number of carboxylic acid groups (broad SMARTS) is 1. The Labute approximate surface area is 134 Å². The minimum absolute atomic E-state index is 0.226. The highest BCUT2D eigenvalue weighted by Crippen LogP contribution is 2.38. The molecule has 0 aliphatic heterocycles. The fourth-order valence-electron chi connectivity index (χ4n) is 2.05. The number of carbonyl (C=O) groups is 2. The van der Waals surface area contributed by atoms with Crippen molar-refractivity contribution in [3.05, 3.63) is 60.7 Å². The fourth-order valence-corrected chi connectivity index (χ4v) is 4.22. The normalized spacial score (nSPS) is 11.0. The van der Waals surface area contributed by atoms with Gasteiger partial charge in [-0.3, -0.25) is 24.6 Å². The number of hydrogen-bond acceptors (Lipinski definition) is 4. The van der Waals surface area contributed by atoms with Crippen molar-refractivity contribution in [2.45, 2.75) is 0 Å². The molecule has 0 aliphatic rings. The van der Waals surface area contributed by atoms with Crippen molar-refractivity contribution in [3.8, 4) is 0 Å². The number of amides is 1. The molecule has 7 heteroatoms. The topological polar surface area (TPSA) is 95.5 Å². The van der Waals surface area contributed by atoms with E-state index in [1.807, 2.05) is 0 Å². The quantitative estimate of drug-likeness (QED) is 0.649. The third kappa shape index (κ3) is 4.52. The fraction of sp³-hybridized carbons (Fsp3) is 0.125. The van der Waals surface area contributed by atoms with Crippen LogP contribution in [0.1, 0.15) is 0 Å². The maximum Gasteiger partial charge on any atom is 0.317 e. The summed E-state index contributed by atoms with van der Waals surface area (Å²) in [6.07, 6.45) is 0. The molecule has 0 spiro atoms. The molecule has 120 valence electrons. The van der Waals surface area contributed by atoms with Gasteiger partial charge in [-0.05, 0) is 24.3 Å². The first-order valence-electron chi connectivity index (χ1n) is 6.97. The monoisotopic (exact) mass is 332 g/mol. The first-order chi connectivity index (χ1) is 11.0. The molecule has 0 unspecified atom stereocenters. The van der Waals surface area contributed by atoms with Crippen LogP contribution >= 0.6 is 7.29 Å². The number of carboxylic acids is 1. The zero-order valence-electron chi connectivity index (χ0n) is 12.3. The number of carbonyl (C=O) groups excluding carboxylic acids is 1. The third-order valence-corrected chi connectivity index (χ3v) is 5.70. The lowest BCUT2D eigenvalue weighted by Crippen LogP contribution is -2.38. The van der Waals surface area contributed by atoms with E-state index in [9.17, 15) is 14.2 Å². The van der Waals surface area contributed by atoms with Crippen molar-refractivity contribution in [1.29, 1.82) is 0 Å². The van der Waals surface area contributed by atoms with Gasteiger partial charge in [0.1, 0.15) is 0 Å². The average Bonchev–Trinajstić information content (AvgIpc) is 2.56. The standard InChI is InChI=1S/C16H17N2O4P/c19-15(11-17-12-16(20)21)18-23(22,13-7-3-1-4-8-13)14-9-5-2-6-10-14/h1-10,17H,11-12H2,(H,20,21)(H,18,19,22). The molecule has 2 aromatic rings. The molecule has 0 bridgehead atoms. The molecule has 23 heavy (non-hydrogen) atoms. The molecule has 0 saturated carbocycles. The molecule has 0 aliphatic carbocycles. The van der Waals surface area contributed by atoms with E-state index in [1.165, 1.54) is 0 Å². The van der Waals surface area contributed by atoms with Crippen LogP contribution in [0.5, 0.6) is 0 Å². The summed E-state index contributed by atoms with van der Waals surface area (Å²) >= 11 is 0. The van der Waals surface area contributed by atoms with Crippen LogP contribution in [-0.2, 0) is 14.2 Å². The molecule has 1 amide bonds. The van der Waals surface area contributed by atoms with E-state index in [0.29, 0.717) is 10.6 Å². The molecule has 0 fully saturated rings. The summed E-state index contributed by atoms with van der Waals surface area (Å²) in [5.41, 5.74) is 0. The Bertz CT molecular complexity index is 676. The van der Waals surface area contributed by atoms with Crippen molar-refractivity contribution in [2.24, 2.45) is 0 Å². The predicted octanol–water partition coefficient (Wildman–Crippen LogP) is 0.706.